The summed E-state index contributed by atoms with van der Waals surface area (Å²) in [5.74, 6) is -0.466. The van der Waals surface area contributed by atoms with Crippen LogP contribution in [0.2, 0.25) is 0 Å². The zero-order valence-corrected chi connectivity index (χ0v) is 15.7. The first-order valence-corrected chi connectivity index (χ1v) is 8.86. The molecule has 4 rings (SSSR count). The first-order valence-electron chi connectivity index (χ1n) is 8.86. The van der Waals surface area contributed by atoms with Crippen molar-refractivity contribution in [3.05, 3.63) is 41.5 Å². The van der Waals surface area contributed by atoms with E-state index in [1.54, 1.807) is 16.7 Å². The quantitative estimate of drug-likeness (QED) is 0.600. The van der Waals surface area contributed by atoms with Gasteiger partial charge in [-0.15, -0.1) is 0 Å². The summed E-state index contributed by atoms with van der Waals surface area (Å²) in [4.78, 5) is 24.0. The summed E-state index contributed by atoms with van der Waals surface area (Å²) in [5, 5.41) is 0. The van der Waals surface area contributed by atoms with E-state index in [-0.39, 0.29) is 29.9 Å². The van der Waals surface area contributed by atoms with Crippen LogP contribution in [0.4, 0.5) is 13.2 Å². The summed E-state index contributed by atoms with van der Waals surface area (Å²) >= 11 is 0. The first kappa shape index (κ1) is 19.3. The van der Waals surface area contributed by atoms with Crippen molar-refractivity contribution in [1.29, 1.82) is 0 Å². The molecule has 0 bridgehead atoms. The maximum absolute atomic E-state index is 13.7. The van der Waals surface area contributed by atoms with Gasteiger partial charge in [-0.2, -0.15) is 13.2 Å². The van der Waals surface area contributed by atoms with Gasteiger partial charge in [-0.25, -0.2) is 19.7 Å². The number of nitrogens with zero attached hydrogens (tertiary/aromatic N) is 4. The topological polar surface area (TPSA) is 79.1 Å². The summed E-state index contributed by atoms with van der Waals surface area (Å²) in [7, 11) is 2.63. The maximum atomic E-state index is 13.7. The van der Waals surface area contributed by atoms with Gasteiger partial charge in [0.1, 0.15) is 12.4 Å². The zero-order valence-electron chi connectivity index (χ0n) is 15.7. The van der Waals surface area contributed by atoms with Gasteiger partial charge in [0.05, 0.1) is 29.3 Å². The van der Waals surface area contributed by atoms with Gasteiger partial charge in [-0.05, 0) is 31.0 Å². The molecule has 0 radical (unpaired) electrons. The average Bonchev–Trinajstić information content (AvgIpc) is 3.46. The van der Waals surface area contributed by atoms with E-state index >= 15 is 0 Å². The number of fused-ring (bicyclic) bond motifs is 1. The summed E-state index contributed by atoms with van der Waals surface area (Å²) < 4.78 is 52.6. The van der Waals surface area contributed by atoms with Crippen molar-refractivity contribution in [3.8, 4) is 11.4 Å². The fourth-order valence-corrected chi connectivity index (χ4v) is 3.23. The number of carbonyl (C=O) groups excluding carboxylic acids is 1. The van der Waals surface area contributed by atoms with Crippen LogP contribution in [0.5, 0.6) is 0 Å². The number of methoxy groups -OCH3 is 2. The molecular formula is C19H17F3N4O3. The number of ether oxygens (including phenoxy) is 2. The van der Waals surface area contributed by atoms with Gasteiger partial charge in [0.15, 0.2) is 11.5 Å². The van der Waals surface area contributed by atoms with Crippen LogP contribution in [0.3, 0.4) is 0 Å². The van der Waals surface area contributed by atoms with E-state index in [1.807, 2.05) is 0 Å². The number of hydrogen-bond donors (Lipinski definition) is 0. The van der Waals surface area contributed by atoms with E-state index in [9.17, 15) is 18.0 Å². The van der Waals surface area contributed by atoms with Gasteiger partial charge in [0.2, 0.25) is 0 Å². The molecule has 3 aromatic rings. The molecule has 0 aliphatic heterocycles. The number of rotatable bonds is 5. The Morgan fingerprint density at radius 2 is 2.00 bits per heavy atom. The number of esters is 1. The molecule has 1 aromatic carbocycles. The van der Waals surface area contributed by atoms with Crippen molar-refractivity contribution < 1.29 is 27.4 Å². The Kier molecular flexibility index (Phi) is 4.73. The Morgan fingerprint density at radius 1 is 1.24 bits per heavy atom. The highest BCUT2D eigenvalue weighted by molar-refractivity contribution is 5.94. The zero-order chi connectivity index (χ0) is 20.8. The third-order valence-electron chi connectivity index (χ3n) is 4.64. The van der Waals surface area contributed by atoms with Crippen molar-refractivity contribution >= 4 is 17.0 Å². The van der Waals surface area contributed by atoms with Crippen LogP contribution in [-0.4, -0.2) is 39.7 Å². The van der Waals surface area contributed by atoms with Gasteiger partial charge < -0.3 is 14.0 Å². The van der Waals surface area contributed by atoms with Crippen molar-refractivity contribution in [3.63, 3.8) is 0 Å². The lowest BCUT2D eigenvalue weighted by Crippen LogP contribution is -2.15. The van der Waals surface area contributed by atoms with Gasteiger partial charge in [-0.1, -0.05) is 0 Å². The van der Waals surface area contributed by atoms with Crippen molar-refractivity contribution in [1.82, 2.24) is 19.5 Å². The lowest BCUT2D eigenvalue weighted by atomic mass is 10.2. The van der Waals surface area contributed by atoms with Crippen molar-refractivity contribution in [2.24, 2.45) is 0 Å². The van der Waals surface area contributed by atoms with Crippen molar-refractivity contribution in [2.75, 3.05) is 14.2 Å². The van der Waals surface area contributed by atoms with Gasteiger partial charge in [0, 0.05) is 19.3 Å². The third-order valence-corrected chi connectivity index (χ3v) is 4.64. The lowest BCUT2D eigenvalue weighted by Gasteiger charge is -2.14. The molecule has 2 aromatic heterocycles. The van der Waals surface area contributed by atoms with Crippen LogP contribution >= 0.6 is 0 Å². The summed E-state index contributed by atoms with van der Waals surface area (Å²) in [6.45, 7) is -0.134. The Hall–Kier alpha value is -3.01. The summed E-state index contributed by atoms with van der Waals surface area (Å²) in [6.07, 6.45) is -1.94. The minimum atomic E-state index is -4.69. The second kappa shape index (κ2) is 7.11. The molecule has 29 heavy (non-hydrogen) atoms. The number of alkyl halides is 3. The van der Waals surface area contributed by atoms with Crippen LogP contribution in [0.15, 0.2) is 24.4 Å². The largest absolute Gasteiger partial charge is 0.465 e. The number of hydrogen-bond acceptors (Lipinski definition) is 6. The Morgan fingerprint density at radius 3 is 2.62 bits per heavy atom. The van der Waals surface area contributed by atoms with Crippen LogP contribution in [0.25, 0.3) is 22.4 Å². The second-order valence-corrected chi connectivity index (χ2v) is 6.71. The van der Waals surface area contributed by atoms with Gasteiger partial charge in [-0.3, -0.25) is 0 Å². The van der Waals surface area contributed by atoms with E-state index < -0.39 is 17.8 Å². The smallest absolute Gasteiger partial charge is 0.434 e. The summed E-state index contributed by atoms with van der Waals surface area (Å²) in [5.41, 5.74) is 0.0780. The predicted octanol–water partition coefficient (Wildman–Crippen LogP) is 3.78. The normalized spacial score (nSPS) is 14.4. The van der Waals surface area contributed by atoms with E-state index in [0.717, 1.165) is 19.0 Å². The molecule has 0 saturated heterocycles. The highest BCUT2D eigenvalue weighted by Gasteiger charge is 2.39. The Balaban J connectivity index is 1.94. The van der Waals surface area contributed by atoms with E-state index in [4.69, 9.17) is 9.47 Å². The fourth-order valence-electron chi connectivity index (χ4n) is 3.23. The molecule has 0 spiro atoms. The minimum Gasteiger partial charge on any atom is -0.465 e. The third kappa shape index (κ3) is 3.55. The second-order valence-electron chi connectivity index (χ2n) is 6.71. The highest BCUT2D eigenvalue weighted by atomic mass is 19.4. The number of benzene rings is 1. The molecule has 1 aliphatic rings. The van der Waals surface area contributed by atoms with E-state index in [0.29, 0.717) is 16.6 Å². The Bertz CT molecular complexity index is 1090. The van der Waals surface area contributed by atoms with Crippen LogP contribution < -0.4 is 0 Å². The molecule has 1 fully saturated rings. The van der Waals surface area contributed by atoms with Crippen LogP contribution in [0, 0.1) is 0 Å². The van der Waals surface area contributed by atoms with E-state index in [2.05, 4.69) is 15.0 Å². The standard InChI is InChI=1S/C19H17F3N4O3/c1-28-9-15-23-8-12(16(25-15)19(20,21)22)17-24-13-6-3-10(18(27)29-2)7-14(13)26(17)11-4-5-11/h3,6-8,11H,4-5,9H2,1-2H3. The molecule has 0 N–H and O–H groups in total. The number of halogens is 3. The van der Waals surface area contributed by atoms with Gasteiger partial charge >= 0.3 is 12.1 Å². The Labute approximate surface area is 163 Å². The average molecular weight is 406 g/mol. The molecule has 1 saturated carbocycles. The van der Waals surface area contributed by atoms with Crippen LogP contribution in [-0.2, 0) is 22.3 Å². The number of aromatic nitrogens is 4. The molecule has 2 heterocycles. The molecule has 0 amide bonds. The molecule has 1 aliphatic carbocycles. The van der Waals surface area contributed by atoms with Crippen LogP contribution in [0.1, 0.15) is 40.8 Å². The molecule has 7 nitrogen and oxygen atoms in total. The van der Waals surface area contributed by atoms with Crippen molar-refractivity contribution in [2.45, 2.75) is 31.7 Å². The predicted molar refractivity (Wildman–Crippen MR) is 96.1 cm³/mol. The molecule has 0 atom stereocenters. The lowest BCUT2D eigenvalue weighted by molar-refractivity contribution is -0.141. The minimum absolute atomic E-state index is 0.00244. The summed E-state index contributed by atoms with van der Waals surface area (Å²) in [6, 6.07) is 4.72. The highest BCUT2D eigenvalue weighted by Crippen LogP contribution is 2.43. The number of imidazole rings is 1. The number of carbonyl (C=O) groups is 1. The first-order chi connectivity index (χ1) is 13.8. The molecule has 0 unspecified atom stereocenters. The molecule has 152 valence electrons. The fraction of sp³-hybridized carbons (Fsp3) is 0.368. The molecule has 10 heteroatoms. The monoisotopic (exact) mass is 406 g/mol. The maximum Gasteiger partial charge on any atom is 0.434 e. The van der Waals surface area contributed by atoms with E-state index in [1.165, 1.54) is 20.3 Å². The molecular weight excluding hydrogens is 389 g/mol. The van der Waals surface area contributed by atoms with Gasteiger partial charge in [0.25, 0.3) is 0 Å². The SMILES string of the molecule is COCc1ncc(-c2nc3ccc(C(=O)OC)cc3n2C2CC2)c(C(F)(F)F)n1.